The predicted octanol–water partition coefficient (Wildman–Crippen LogP) is 4.03. The predicted molar refractivity (Wildman–Crippen MR) is 80.6 cm³/mol. The van der Waals surface area contributed by atoms with Crippen LogP contribution in [0.25, 0.3) is 11.3 Å². The number of oxazole rings is 1. The molecule has 0 bridgehead atoms. The number of aromatic nitrogens is 1. The fourth-order valence-corrected chi connectivity index (χ4v) is 2.70. The number of rotatable bonds is 5. The van der Waals surface area contributed by atoms with Crippen molar-refractivity contribution in [3.05, 3.63) is 28.4 Å². The molecule has 2 rings (SSSR count). The third kappa shape index (κ3) is 4.18. The molecular formula is C15H22N2OS. The van der Waals surface area contributed by atoms with Gasteiger partial charge in [-0.05, 0) is 51.6 Å². The summed E-state index contributed by atoms with van der Waals surface area (Å²) in [6, 6.07) is 0. The lowest BCUT2D eigenvalue weighted by atomic mass is 10.1. The molecule has 0 aliphatic carbocycles. The average Bonchev–Trinajstić information content (AvgIpc) is 2.91. The zero-order chi connectivity index (χ0) is 13.9. The molecule has 0 fully saturated rings. The molecule has 2 aromatic rings. The van der Waals surface area contributed by atoms with E-state index in [0.29, 0.717) is 0 Å². The molecule has 0 spiro atoms. The molecule has 0 aromatic carbocycles. The fourth-order valence-electron chi connectivity index (χ4n) is 1.87. The van der Waals surface area contributed by atoms with Crippen LogP contribution in [-0.2, 0) is 6.42 Å². The maximum Gasteiger partial charge on any atom is 0.194 e. The minimum atomic E-state index is 0.176. The Bertz CT molecular complexity index is 522. The molecule has 0 aliphatic rings. The Hall–Kier alpha value is -1.13. The van der Waals surface area contributed by atoms with Gasteiger partial charge in [0.25, 0.3) is 0 Å². The van der Waals surface area contributed by atoms with Crippen molar-refractivity contribution in [2.24, 2.45) is 0 Å². The van der Waals surface area contributed by atoms with Crippen LogP contribution < -0.4 is 5.32 Å². The van der Waals surface area contributed by atoms with Crippen LogP contribution in [0, 0.1) is 6.92 Å². The highest BCUT2D eigenvalue weighted by atomic mass is 32.1. The smallest absolute Gasteiger partial charge is 0.194 e. The van der Waals surface area contributed by atoms with Crippen molar-refractivity contribution in [2.45, 2.75) is 46.1 Å². The van der Waals surface area contributed by atoms with Gasteiger partial charge in [-0.15, -0.1) is 0 Å². The van der Waals surface area contributed by atoms with E-state index >= 15 is 0 Å². The number of aryl methyl sites for hydroxylation is 2. The molecule has 0 atom stereocenters. The van der Waals surface area contributed by atoms with E-state index in [1.165, 1.54) is 5.56 Å². The lowest BCUT2D eigenvalue weighted by Crippen LogP contribution is -2.36. The van der Waals surface area contributed by atoms with E-state index in [1.807, 2.05) is 6.20 Å². The van der Waals surface area contributed by atoms with Crippen molar-refractivity contribution in [1.29, 1.82) is 0 Å². The molecule has 0 saturated carbocycles. The van der Waals surface area contributed by atoms with Crippen LogP contribution in [0.15, 0.2) is 21.4 Å². The summed E-state index contributed by atoms with van der Waals surface area (Å²) in [5.41, 5.74) is 2.59. The first-order valence-corrected chi connectivity index (χ1v) is 7.63. The molecule has 19 heavy (non-hydrogen) atoms. The normalized spacial score (nSPS) is 12.0. The van der Waals surface area contributed by atoms with Crippen molar-refractivity contribution < 1.29 is 4.42 Å². The average molecular weight is 278 g/mol. The Morgan fingerprint density at radius 3 is 2.74 bits per heavy atom. The Morgan fingerprint density at radius 1 is 1.32 bits per heavy atom. The van der Waals surface area contributed by atoms with Gasteiger partial charge in [0.1, 0.15) is 0 Å². The Kier molecular flexibility index (Phi) is 4.42. The second-order valence-electron chi connectivity index (χ2n) is 5.87. The van der Waals surface area contributed by atoms with Crippen LogP contribution in [0.5, 0.6) is 0 Å². The molecule has 2 heterocycles. The first-order valence-electron chi connectivity index (χ1n) is 6.68. The fraction of sp³-hybridized carbons (Fsp3) is 0.533. The summed E-state index contributed by atoms with van der Waals surface area (Å²) in [6.07, 6.45) is 3.76. The highest BCUT2D eigenvalue weighted by Crippen LogP contribution is 2.27. The van der Waals surface area contributed by atoms with E-state index in [-0.39, 0.29) is 5.54 Å². The lowest BCUT2D eigenvalue weighted by molar-refractivity contribution is 0.412. The summed E-state index contributed by atoms with van der Waals surface area (Å²) in [5.74, 6) is 1.72. The molecule has 4 heteroatoms. The van der Waals surface area contributed by atoms with Crippen LogP contribution in [0.4, 0.5) is 0 Å². The number of nitrogens with zero attached hydrogens (tertiary/aromatic N) is 1. The standard InChI is InChI=1S/C15H22N2OS/c1-11-9-19-10-12(11)13-8-16-14(18-13)6-5-7-17-15(2,3)4/h8-10,17H,5-7H2,1-4H3. The van der Waals surface area contributed by atoms with Gasteiger partial charge in [-0.3, -0.25) is 0 Å². The van der Waals surface area contributed by atoms with Gasteiger partial charge >= 0.3 is 0 Å². The van der Waals surface area contributed by atoms with E-state index in [0.717, 1.165) is 36.6 Å². The molecule has 104 valence electrons. The minimum Gasteiger partial charge on any atom is -0.441 e. The zero-order valence-corrected chi connectivity index (χ0v) is 12.9. The summed E-state index contributed by atoms with van der Waals surface area (Å²) in [5, 5.41) is 7.71. The third-order valence-corrected chi connectivity index (χ3v) is 3.76. The second-order valence-corrected chi connectivity index (χ2v) is 6.61. The van der Waals surface area contributed by atoms with Crippen LogP contribution in [0.2, 0.25) is 0 Å². The Balaban J connectivity index is 1.87. The van der Waals surface area contributed by atoms with Crippen molar-refractivity contribution in [1.82, 2.24) is 10.3 Å². The highest BCUT2D eigenvalue weighted by molar-refractivity contribution is 7.08. The second kappa shape index (κ2) is 5.88. The number of hydrogen-bond donors (Lipinski definition) is 1. The van der Waals surface area contributed by atoms with Gasteiger partial charge in [0, 0.05) is 22.9 Å². The van der Waals surface area contributed by atoms with Gasteiger partial charge in [0.15, 0.2) is 11.7 Å². The van der Waals surface area contributed by atoms with Gasteiger partial charge in [0.05, 0.1) is 6.20 Å². The first-order chi connectivity index (χ1) is 8.96. The van der Waals surface area contributed by atoms with Gasteiger partial charge in [-0.25, -0.2) is 4.98 Å². The summed E-state index contributed by atoms with van der Waals surface area (Å²) >= 11 is 1.70. The molecule has 0 aliphatic heterocycles. The maximum atomic E-state index is 5.81. The van der Waals surface area contributed by atoms with Crippen molar-refractivity contribution in [3.8, 4) is 11.3 Å². The Morgan fingerprint density at radius 2 is 2.11 bits per heavy atom. The van der Waals surface area contributed by atoms with Crippen LogP contribution in [-0.4, -0.2) is 17.1 Å². The topological polar surface area (TPSA) is 38.1 Å². The van der Waals surface area contributed by atoms with Crippen LogP contribution >= 0.6 is 11.3 Å². The van der Waals surface area contributed by atoms with Crippen LogP contribution in [0.1, 0.15) is 38.6 Å². The van der Waals surface area contributed by atoms with Gasteiger partial charge in [-0.1, -0.05) is 0 Å². The quantitative estimate of drug-likeness (QED) is 0.839. The summed E-state index contributed by atoms with van der Waals surface area (Å²) < 4.78 is 5.81. The highest BCUT2D eigenvalue weighted by Gasteiger charge is 2.10. The molecule has 0 radical (unpaired) electrons. The van der Waals surface area contributed by atoms with Gasteiger partial charge in [-0.2, -0.15) is 11.3 Å². The third-order valence-electron chi connectivity index (χ3n) is 2.90. The molecule has 0 saturated heterocycles. The summed E-state index contributed by atoms with van der Waals surface area (Å²) in [6.45, 7) is 9.61. The number of thiophene rings is 1. The summed E-state index contributed by atoms with van der Waals surface area (Å²) in [7, 11) is 0. The maximum absolute atomic E-state index is 5.81. The summed E-state index contributed by atoms with van der Waals surface area (Å²) in [4.78, 5) is 4.36. The molecule has 3 nitrogen and oxygen atoms in total. The van der Waals surface area contributed by atoms with Gasteiger partial charge in [0.2, 0.25) is 0 Å². The largest absolute Gasteiger partial charge is 0.441 e. The molecule has 2 aromatic heterocycles. The molecule has 0 unspecified atom stereocenters. The van der Waals surface area contributed by atoms with Crippen molar-refractivity contribution in [3.63, 3.8) is 0 Å². The van der Waals surface area contributed by atoms with E-state index in [1.54, 1.807) is 11.3 Å². The van der Waals surface area contributed by atoms with E-state index < -0.39 is 0 Å². The SMILES string of the molecule is Cc1cscc1-c1cnc(CCCNC(C)(C)C)o1. The first kappa shape index (κ1) is 14.3. The lowest BCUT2D eigenvalue weighted by Gasteiger charge is -2.19. The number of hydrogen-bond acceptors (Lipinski definition) is 4. The number of nitrogens with one attached hydrogen (secondary N) is 1. The molecular weight excluding hydrogens is 256 g/mol. The molecule has 0 amide bonds. The minimum absolute atomic E-state index is 0.176. The Labute approximate surface area is 119 Å². The van der Waals surface area contributed by atoms with Crippen molar-refractivity contribution >= 4 is 11.3 Å². The van der Waals surface area contributed by atoms with E-state index in [9.17, 15) is 0 Å². The van der Waals surface area contributed by atoms with Gasteiger partial charge < -0.3 is 9.73 Å². The van der Waals surface area contributed by atoms with E-state index in [4.69, 9.17) is 4.42 Å². The van der Waals surface area contributed by atoms with Crippen LogP contribution in [0.3, 0.4) is 0 Å². The molecule has 1 N–H and O–H groups in total. The van der Waals surface area contributed by atoms with E-state index in [2.05, 4.69) is 48.8 Å². The zero-order valence-electron chi connectivity index (χ0n) is 12.1. The van der Waals surface area contributed by atoms with Crippen molar-refractivity contribution in [2.75, 3.05) is 6.54 Å². The monoisotopic (exact) mass is 278 g/mol.